The lowest BCUT2D eigenvalue weighted by atomic mass is 9.85. The van der Waals surface area contributed by atoms with Crippen LogP contribution in [0.1, 0.15) is 25.7 Å². The highest BCUT2D eigenvalue weighted by Crippen LogP contribution is 2.26. The van der Waals surface area contributed by atoms with Gasteiger partial charge in [0.2, 0.25) is 5.91 Å². The Morgan fingerprint density at radius 2 is 2.12 bits per heavy atom. The zero-order chi connectivity index (χ0) is 12.3. The van der Waals surface area contributed by atoms with E-state index in [1.807, 2.05) is 0 Å². The Morgan fingerprint density at radius 1 is 1.41 bits per heavy atom. The molecule has 1 fully saturated rings. The van der Waals surface area contributed by atoms with Crippen LogP contribution in [0, 0.1) is 11.7 Å². The first-order valence-corrected chi connectivity index (χ1v) is 5.83. The summed E-state index contributed by atoms with van der Waals surface area (Å²) in [5.41, 5.74) is 5.26. The number of hydrogen-bond acceptors (Lipinski definition) is 3. The van der Waals surface area contributed by atoms with Gasteiger partial charge in [-0.2, -0.15) is 0 Å². The number of aromatic nitrogens is 1. The maximum absolute atomic E-state index is 13.4. The van der Waals surface area contributed by atoms with E-state index in [0.29, 0.717) is 0 Å². The van der Waals surface area contributed by atoms with Crippen molar-refractivity contribution in [3.63, 3.8) is 0 Å². The van der Waals surface area contributed by atoms with Crippen LogP contribution in [0.5, 0.6) is 0 Å². The predicted octanol–water partition coefficient (Wildman–Crippen LogP) is 1.68. The summed E-state index contributed by atoms with van der Waals surface area (Å²) in [5.74, 6) is -0.311. The second-order valence-electron chi connectivity index (χ2n) is 4.43. The van der Waals surface area contributed by atoms with Crippen LogP contribution in [0.2, 0.25) is 0 Å². The van der Waals surface area contributed by atoms with Crippen molar-refractivity contribution < 1.29 is 9.18 Å². The fraction of sp³-hybridized carbons (Fsp3) is 0.500. The zero-order valence-electron chi connectivity index (χ0n) is 9.53. The van der Waals surface area contributed by atoms with Gasteiger partial charge in [0.15, 0.2) is 11.6 Å². The van der Waals surface area contributed by atoms with E-state index in [1.54, 1.807) is 12.3 Å². The summed E-state index contributed by atoms with van der Waals surface area (Å²) in [6.45, 7) is 0. The van der Waals surface area contributed by atoms with Gasteiger partial charge in [0, 0.05) is 18.2 Å². The molecule has 1 aromatic rings. The van der Waals surface area contributed by atoms with Crippen molar-refractivity contribution >= 4 is 11.7 Å². The van der Waals surface area contributed by atoms with Crippen LogP contribution in [-0.4, -0.2) is 16.9 Å². The largest absolute Gasteiger partial charge is 0.369 e. The minimum absolute atomic E-state index is 0.0263. The minimum atomic E-state index is -0.343. The summed E-state index contributed by atoms with van der Waals surface area (Å²) >= 11 is 0. The number of carbonyl (C=O) groups excluding carboxylic acids is 1. The Labute approximate surface area is 99.4 Å². The molecule has 0 saturated heterocycles. The molecule has 0 spiro atoms. The molecule has 0 bridgehead atoms. The van der Waals surface area contributed by atoms with Crippen LogP contribution < -0.4 is 11.1 Å². The molecule has 92 valence electrons. The number of hydrogen-bond donors (Lipinski definition) is 2. The molecule has 3 N–H and O–H groups in total. The Hall–Kier alpha value is -1.65. The van der Waals surface area contributed by atoms with Crippen LogP contribution in [-0.2, 0) is 4.79 Å². The van der Waals surface area contributed by atoms with Crippen molar-refractivity contribution in [2.75, 3.05) is 5.32 Å². The van der Waals surface area contributed by atoms with Crippen LogP contribution in [0.25, 0.3) is 0 Å². The van der Waals surface area contributed by atoms with E-state index in [4.69, 9.17) is 5.73 Å². The van der Waals surface area contributed by atoms with Gasteiger partial charge < -0.3 is 11.1 Å². The molecule has 0 atom stereocenters. The maximum atomic E-state index is 13.4. The molecule has 1 heterocycles. The molecule has 5 heteroatoms. The molecule has 1 aliphatic rings. The quantitative estimate of drug-likeness (QED) is 0.840. The molecule has 4 nitrogen and oxygen atoms in total. The molecule has 0 aliphatic heterocycles. The molecule has 1 saturated carbocycles. The molecule has 1 aliphatic carbocycles. The monoisotopic (exact) mass is 237 g/mol. The first-order chi connectivity index (χ1) is 8.16. The maximum Gasteiger partial charge on any atom is 0.220 e. The number of primary amides is 1. The molecule has 0 radical (unpaired) electrons. The van der Waals surface area contributed by atoms with Crippen molar-refractivity contribution in [2.24, 2.45) is 11.7 Å². The summed E-state index contributed by atoms with van der Waals surface area (Å²) < 4.78 is 13.4. The molecule has 0 unspecified atom stereocenters. The standard InChI is InChI=1S/C12H16FN3O/c13-10-2-1-7-15-12(10)16-9-5-3-8(4-6-9)11(14)17/h1-2,7-9H,3-6H2,(H2,14,17)(H,15,16). The SMILES string of the molecule is NC(=O)C1CCC(Nc2ncccc2F)CC1. The zero-order valence-corrected chi connectivity index (χ0v) is 9.53. The first-order valence-electron chi connectivity index (χ1n) is 5.83. The van der Waals surface area contributed by atoms with Crippen LogP contribution in [0.4, 0.5) is 10.2 Å². The highest BCUT2D eigenvalue weighted by Gasteiger charge is 2.25. The first kappa shape index (κ1) is 11.8. The summed E-state index contributed by atoms with van der Waals surface area (Å²) in [7, 11) is 0. The number of nitrogens with two attached hydrogens (primary N) is 1. The molecule has 0 aromatic carbocycles. The van der Waals surface area contributed by atoms with E-state index in [9.17, 15) is 9.18 Å². The average Bonchev–Trinajstić information content (AvgIpc) is 2.33. The minimum Gasteiger partial charge on any atom is -0.369 e. The number of pyridine rings is 1. The number of amides is 1. The number of nitrogens with one attached hydrogen (secondary N) is 1. The third-order valence-corrected chi connectivity index (χ3v) is 3.23. The highest BCUT2D eigenvalue weighted by molar-refractivity contribution is 5.76. The van der Waals surface area contributed by atoms with Gasteiger partial charge in [-0.05, 0) is 37.8 Å². The number of carbonyl (C=O) groups is 1. The van der Waals surface area contributed by atoms with Crippen LogP contribution >= 0.6 is 0 Å². The second-order valence-corrected chi connectivity index (χ2v) is 4.43. The van der Waals surface area contributed by atoms with Crippen LogP contribution in [0.3, 0.4) is 0 Å². The predicted molar refractivity (Wildman–Crippen MR) is 62.8 cm³/mol. The van der Waals surface area contributed by atoms with Crippen LogP contribution in [0.15, 0.2) is 18.3 Å². The Bertz CT molecular complexity index is 402. The van der Waals surface area contributed by atoms with Gasteiger partial charge in [0.25, 0.3) is 0 Å². The van der Waals surface area contributed by atoms with Crippen molar-refractivity contribution in [1.82, 2.24) is 4.98 Å². The van der Waals surface area contributed by atoms with E-state index in [0.717, 1.165) is 25.7 Å². The number of rotatable bonds is 3. The smallest absolute Gasteiger partial charge is 0.220 e. The van der Waals surface area contributed by atoms with E-state index >= 15 is 0 Å². The highest BCUT2D eigenvalue weighted by atomic mass is 19.1. The second kappa shape index (κ2) is 5.12. The summed E-state index contributed by atoms with van der Waals surface area (Å²) in [6, 6.07) is 3.12. The molecule has 1 aromatic heterocycles. The van der Waals surface area contributed by atoms with Crippen molar-refractivity contribution in [3.8, 4) is 0 Å². The molecule has 2 rings (SSSR count). The van der Waals surface area contributed by atoms with Gasteiger partial charge in [0.1, 0.15) is 0 Å². The fourth-order valence-corrected chi connectivity index (χ4v) is 2.21. The summed E-state index contributed by atoms with van der Waals surface area (Å²) in [5, 5.41) is 3.07. The fourth-order valence-electron chi connectivity index (χ4n) is 2.21. The number of halogens is 1. The summed E-state index contributed by atoms with van der Waals surface area (Å²) in [4.78, 5) is 15.0. The van der Waals surface area contributed by atoms with Gasteiger partial charge in [-0.1, -0.05) is 0 Å². The normalized spacial score (nSPS) is 24.3. The lowest BCUT2D eigenvalue weighted by Gasteiger charge is -2.27. The van der Waals surface area contributed by atoms with Gasteiger partial charge in [-0.25, -0.2) is 9.37 Å². The van der Waals surface area contributed by atoms with Crippen molar-refractivity contribution in [1.29, 1.82) is 0 Å². The van der Waals surface area contributed by atoms with E-state index in [2.05, 4.69) is 10.3 Å². The third-order valence-electron chi connectivity index (χ3n) is 3.23. The molecule has 17 heavy (non-hydrogen) atoms. The van der Waals surface area contributed by atoms with Gasteiger partial charge in [0.05, 0.1) is 0 Å². The number of nitrogens with zero attached hydrogens (tertiary/aromatic N) is 1. The average molecular weight is 237 g/mol. The van der Waals surface area contributed by atoms with E-state index in [-0.39, 0.29) is 29.5 Å². The van der Waals surface area contributed by atoms with Crippen molar-refractivity contribution in [2.45, 2.75) is 31.7 Å². The van der Waals surface area contributed by atoms with E-state index < -0.39 is 0 Å². The summed E-state index contributed by atoms with van der Waals surface area (Å²) in [6.07, 6.45) is 4.73. The number of anilines is 1. The van der Waals surface area contributed by atoms with Gasteiger partial charge in [-0.15, -0.1) is 0 Å². The lowest BCUT2D eigenvalue weighted by molar-refractivity contribution is -0.122. The molecule has 1 amide bonds. The van der Waals surface area contributed by atoms with Crippen molar-refractivity contribution in [3.05, 3.63) is 24.1 Å². The third kappa shape index (κ3) is 2.93. The van der Waals surface area contributed by atoms with E-state index in [1.165, 1.54) is 6.07 Å². The topological polar surface area (TPSA) is 68.0 Å². The Morgan fingerprint density at radius 3 is 2.71 bits per heavy atom. The Kier molecular flexibility index (Phi) is 3.56. The lowest BCUT2D eigenvalue weighted by Crippen LogP contribution is -2.32. The Balaban J connectivity index is 1.90. The van der Waals surface area contributed by atoms with Gasteiger partial charge in [-0.3, -0.25) is 4.79 Å². The van der Waals surface area contributed by atoms with Gasteiger partial charge >= 0.3 is 0 Å². The molecular weight excluding hydrogens is 221 g/mol. The molecular formula is C12H16FN3O.